The highest BCUT2D eigenvalue weighted by Gasteiger charge is 2.32. The molecule has 1 atom stereocenters. The second kappa shape index (κ2) is 7.58. The van der Waals surface area contributed by atoms with Gasteiger partial charge in [-0.05, 0) is 31.7 Å². The number of aromatic nitrogens is 2. The van der Waals surface area contributed by atoms with Gasteiger partial charge in [-0.25, -0.2) is 0 Å². The number of ether oxygens (including phenoxy) is 1. The van der Waals surface area contributed by atoms with Crippen LogP contribution in [0.3, 0.4) is 0 Å². The van der Waals surface area contributed by atoms with Crippen molar-refractivity contribution >= 4 is 11.8 Å². The van der Waals surface area contributed by atoms with E-state index in [1.54, 1.807) is 6.92 Å². The Balaban J connectivity index is 1.31. The summed E-state index contributed by atoms with van der Waals surface area (Å²) in [6, 6.07) is 0. The van der Waals surface area contributed by atoms with Crippen LogP contribution < -0.4 is 5.32 Å². The van der Waals surface area contributed by atoms with Crippen LogP contribution in [0.2, 0.25) is 0 Å². The molecule has 4 heterocycles. The number of carbonyl (C=O) groups is 2. The average molecular weight is 412 g/mol. The number of likely N-dealkylation sites (tertiary alicyclic amines) is 1. The van der Waals surface area contributed by atoms with Gasteiger partial charge in [-0.1, -0.05) is 0 Å². The molecule has 3 aliphatic rings. The molecule has 30 heavy (non-hydrogen) atoms. The zero-order chi connectivity index (χ0) is 20.8. The van der Waals surface area contributed by atoms with Crippen molar-refractivity contribution in [3.8, 4) is 11.3 Å². The highest BCUT2D eigenvalue weighted by Crippen LogP contribution is 2.38. The first-order valence-electron chi connectivity index (χ1n) is 10.8. The van der Waals surface area contributed by atoms with E-state index in [9.17, 15) is 9.59 Å². The Labute approximate surface area is 175 Å². The van der Waals surface area contributed by atoms with Gasteiger partial charge in [0.15, 0.2) is 5.76 Å². The van der Waals surface area contributed by atoms with Crippen molar-refractivity contribution in [3.05, 3.63) is 28.8 Å². The van der Waals surface area contributed by atoms with Crippen LogP contribution >= 0.6 is 0 Å². The molecule has 2 aliphatic heterocycles. The van der Waals surface area contributed by atoms with Crippen molar-refractivity contribution < 1.29 is 18.7 Å². The van der Waals surface area contributed by atoms with Crippen LogP contribution in [0.5, 0.6) is 0 Å². The molecule has 2 saturated heterocycles. The summed E-state index contributed by atoms with van der Waals surface area (Å²) in [4.78, 5) is 26.0. The Bertz CT molecular complexity index is 980. The number of hydrogen-bond donors (Lipinski definition) is 1. The van der Waals surface area contributed by atoms with Gasteiger partial charge in [0.2, 0.25) is 5.91 Å². The Morgan fingerprint density at radius 2 is 2.13 bits per heavy atom. The SMILES string of the molecule is CC(=O)N1CC(Cn2cc3c(n2)-c2c(oc(C(=O)NCC4CCCO4)c2C)CC3)C1. The number of nitrogens with one attached hydrogen (secondary N) is 1. The average Bonchev–Trinajstić information content (AvgIpc) is 3.40. The van der Waals surface area contributed by atoms with Gasteiger partial charge in [-0.2, -0.15) is 5.10 Å². The van der Waals surface area contributed by atoms with Gasteiger partial charge in [0, 0.05) is 69.4 Å². The molecule has 1 aliphatic carbocycles. The first kappa shape index (κ1) is 19.4. The molecule has 2 amide bonds. The Morgan fingerprint density at radius 1 is 1.30 bits per heavy atom. The summed E-state index contributed by atoms with van der Waals surface area (Å²) < 4.78 is 13.6. The molecular formula is C22H28N4O4. The largest absolute Gasteiger partial charge is 0.455 e. The lowest BCUT2D eigenvalue weighted by Crippen LogP contribution is -2.50. The lowest BCUT2D eigenvalue weighted by Gasteiger charge is -2.38. The van der Waals surface area contributed by atoms with Crippen LogP contribution in [-0.2, 0) is 28.9 Å². The summed E-state index contributed by atoms with van der Waals surface area (Å²) in [5.41, 5.74) is 3.95. The second-order valence-electron chi connectivity index (χ2n) is 8.71. The van der Waals surface area contributed by atoms with Crippen molar-refractivity contribution in [3.63, 3.8) is 0 Å². The highest BCUT2D eigenvalue weighted by molar-refractivity contribution is 5.95. The van der Waals surface area contributed by atoms with E-state index in [0.29, 0.717) is 18.2 Å². The van der Waals surface area contributed by atoms with Gasteiger partial charge < -0.3 is 19.4 Å². The summed E-state index contributed by atoms with van der Waals surface area (Å²) >= 11 is 0. The van der Waals surface area contributed by atoms with Crippen molar-refractivity contribution in [2.45, 2.75) is 52.2 Å². The maximum atomic E-state index is 12.7. The minimum absolute atomic E-state index is 0.103. The predicted octanol–water partition coefficient (Wildman–Crippen LogP) is 1.94. The predicted molar refractivity (Wildman–Crippen MR) is 109 cm³/mol. The van der Waals surface area contributed by atoms with Crippen LogP contribution in [0.25, 0.3) is 11.3 Å². The van der Waals surface area contributed by atoms with Crippen LogP contribution in [-0.4, -0.2) is 58.8 Å². The molecule has 2 aromatic heterocycles. The molecule has 0 spiro atoms. The Hall–Kier alpha value is -2.61. The highest BCUT2D eigenvalue weighted by atomic mass is 16.5. The van der Waals surface area contributed by atoms with Crippen molar-refractivity contribution in [2.75, 3.05) is 26.2 Å². The van der Waals surface area contributed by atoms with Crippen molar-refractivity contribution in [1.82, 2.24) is 20.0 Å². The molecule has 0 aromatic carbocycles. The van der Waals surface area contributed by atoms with Gasteiger partial charge in [-0.3, -0.25) is 14.3 Å². The van der Waals surface area contributed by atoms with Gasteiger partial charge in [-0.15, -0.1) is 0 Å². The standard InChI is InChI=1S/C22H28N4O4/c1-13-19-18(30-21(13)22(28)23-8-17-4-3-7-29-17)6-5-16-12-26(24-20(16)19)11-15-9-25(10-15)14(2)27/h12,15,17H,3-11H2,1-2H3,(H,23,28). The molecular weight excluding hydrogens is 384 g/mol. The fraction of sp³-hybridized carbons (Fsp3) is 0.591. The number of amides is 2. The van der Waals surface area contributed by atoms with Crippen LogP contribution in [0.4, 0.5) is 0 Å². The molecule has 160 valence electrons. The van der Waals surface area contributed by atoms with Gasteiger partial charge in [0.1, 0.15) is 5.76 Å². The molecule has 0 bridgehead atoms. The van der Waals surface area contributed by atoms with Crippen molar-refractivity contribution in [2.24, 2.45) is 5.92 Å². The quantitative estimate of drug-likeness (QED) is 0.811. The van der Waals surface area contributed by atoms with Crippen LogP contribution in [0.15, 0.2) is 10.6 Å². The zero-order valence-corrected chi connectivity index (χ0v) is 17.6. The number of carbonyl (C=O) groups excluding carboxylic acids is 2. The second-order valence-corrected chi connectivity index (χ2v) is 8.71. The zero-order valence-electron chi connectivity index (χ0n) is 17.6. The molecule has 1 unspecified atom stereocenters. The monoisotopic (exact) mass is 412 g/mol. The van der Waals surface area contributed by atoms with Crippen LogP contribution in [0, 0.1) is 12.8 Å². The number of aryl methyl sites for hydroxylation is 2. The lowest BCUT2D eigenvalue weighted by molar-refractivity contribution is -0.135. The number of nitrogens with zero attached hydrogens (tertiary/aromatic N) is 3. The maximum Gasteiger partial charge on any atom is 0.287 e. The topological polar surface area (TPSA) is 89.6 Å². The fourth-order valence-electron chi connectivity index (χ4n) is 4.77. The summed E-state index contributed by atoms with van der Waals surface area (Å²) in [6.45, 7) is 7.23. The van der Waals surface area contributed by atoms with E-state index >= 15 is 0 Å². The van der Waals surface area contributed by atoms with E-state index in [2.05, 4.69) is 11.5 Å². The lowest BCUT2D eigenvalue weighted by atomic mass is 9.93. The van der Waals surface area contributed by atoms with E-state index in [-0.39, 0.29) is 17.9 Å². The van der Waals surface area contributed by atoms with Gasteiger partial charge >= 0.3 is 0 Å². The number of rotatable bonds is 5. The maximum absolute atomic E-state index is 12.7. The van der Waals surface area contributed by atoms with E-state index < -0.39 is 0 Å². The molecule has 0 saturated carbocycles. The molecule has 8 nitrogen and oxygen atoms in total. The van der Waals surface area contributed by atoms with Gasteiger partial charge in [0.05, 0.1) is 11.8 Å². The van der Waals surface area contributed by atoms with E-state index in [4.69, 9.17) is 14.3 Å². The summed E-state index contributed by atoms with van der Waals surface area (Å²) in [5.74, 6) is 1.63. The summed E-state index contributed by atoms with van der Waals surface area (Å²) in [7, 11) is 0. The molecule has 2 fully saturated rings. The fourth-order valence-corrected chi connectivity index (χ4v) is 4.77. The molecule has 2 aromatic rings. The Kier molecular flexibility index (Phi) is 4.89. The molecule has 1 N–H and O–H groups in total. The molecule has 0 radical (unpaired) electrons. The molecule has 8 heteroatoms. The smallest absolute Gasteiger partial charge is 0.287 e. The molecule has 5 rings (SSSR count). The third kappa shape index (κ3) is 3.43. The van der Waals surface area contributed by atoms with Gasteiger partial charge in [0.25, 0.3) is 5.91 Å². The number of hydrogen-bond acceptors (Lipinski definition) is 5. The van der Waals surface area contributed by atoms with E-state index in [1.807, 2.05) is 16.5 Å². The Morgan fingerprint density at radius 3 is 2.87 bits per heavy atom. The van der Waals surface area contributed by atoms with Crippen molar-refractivity contribution in [1.29, 1.82) is 0 Å². The normalized spacial score (nSPS) is 20.6. The van der Waals surface area contributed by atoms with E-state index in [1.165, 1.54) is 5.56 Å². The third-order valence-electron chi connectivity index (χ3n) is 6.48. The van der Waals surface area contributed by atoms with Crippen LogP contribution in [0.1, 0.15) is 47.2 Å². The first-order valence-corrected chi connectivity index (χ1v) is 10.8. The van der Waals surface area contributed by atoms with E-state index in [0.717, 1.165) is 74.5 Å². The third-order valence-corrected chi connectivity index (χ3v) is 6.48. The minimum Gasteiger partial charge on any atom is -0.455 e. The minimum atomic E-state index is -0.183. The summed E-state index contributed by atoms with van der Waals surface area (Å²) in [5, 5.41) is 7.79. The first-order chi connectivity index (χ1) is 14.5. The number of fused-ring (bicyclic) bond motifs is 3. The number of furan rings is 1. The summed E-state index contributed by atoms with van der Waals surface area (Å²) in [6.07, 6.45) is 5.88.